The second kappa shape index (κ2) is 5.66. The highest BCUT2D eigenvalue weighted by atomic mass is 16.7. The first-order valence-corrected chi connectivity index (χ1v) is 6.45. The Morgan fingerprint density at radius 3 is 2.86 bits per heavy atom. The maximum absolute atomic E-state index is 10.5. The van der Waals surface area contributed by atoms with E-state index >= 15 is 0 Å². The van der Waals surface area contributed by atoms with Crippen LogP contribution in [-0.2, 0) is 6.42 Å². The molecule has 2 aromatic rings. The fourth-order valence-corrected chi connectivity index (χ4v) is 2.03. The molecule has 108 valence electrons. The van der Waals surface area contributed by atoms with Gasteiger partial charge in [-0.1, -0.05) is 6.07 Å². The number of ether oxygens (including phenoxy) is 2. The lowest BCUT2D eigenvalue weighted by atomic mass is 10.1. The Bertz CT molecular complexity index is 658. The van der Waals surface area contributed by atoms with Crippen molar-refractivity contribution < 1.29 is 14.4 Å². The fraction of sp³-hybridized carbons (Fsp3) is 0.214. The SMILES string of the molecule is O=[N+]([O-])c1ccc(NCCc2ccc3c(c2)OCO3)nc1. The lowest BCUT2D eigenvalue weighted by molar-refractivity contribution is -0.385. The number of pyridine rings is 1. The number of fused-ring (bicyclic) bond motifs is 1. The summed E-state index contributed by atoms with van der Waals surface area (Å²) in [5.74, 6) is 2.14. The summed E-state index contributed by atoms with van der Waals surface area (Å²) in [7, 11) is 0. The summed E-state index contributed by atoms with van der Waals surface area (Å²) in [5.41, 5.74) is 1.10. The Morgan fingerprint density at radius 1 is 1.24 bits per heavy atom. The van der Waals surface area contributed by atoms with Crippen molar-refractivity contribution in [2.75, 3.05) is 18.7 Å². The van der Waals surface area contributed by atoms with Gasteiger partial charge in [-0.25, -0.2) is 4.98 Å². The zero-order valence-corrected chi connectivity index (χ0v) is 11.1. The van der Waals surface area contributed by atoms with Gasteiger partial charge in [0.2, 0.25) is 6.79 Å². The minimum atomic E-state index is -0.469. The van der Waals surface area contributed by atoms with Crippen LogP contribution in [0.4, 0.5) is 11.5 Å². The van der Waals surface area contributed by atoms with Gasteiger partial charge in [-0.15, -0.1) is 0 Å². The summed E-state index contributed by atoms with van der Waals surface area (Å²) in [6.45, 7) is 0.939. The predicted octanol–water partition coefficient (Wildman–Crippen LogP) is 2.37. The van der Waals surface area contributed by atoms with Crippen LogP contribution in [-0.4, -0.2) is 23.2 Å². The third-order valence-electron chi connectivity index (χ3n) is 3.12. The summed E-state index contributed by atoms with van der Waals surface area (Å²) in [6.07, 6.45) is 2.03. The van der Waals surface area contributed by atoms with Crippen LogP contribution in [0.15, 0.2) is 36.5 Å². The molecule has 1 N–H and O–H groups in total. The van der Waals surface area contributed by atoms with Gasteiger partial charge in [0.05, 0.1) is 4.92 Å². The van der Waals surface area contributed by atoms with E-state index < -0.39 is 4.92 Å². The monoisotopic (exact) mass is 287 g/mol. The average molecular weight is 287 g/mol. The molecule has 0 spiro atoms. The van der Waals surface area contributed by atoms with E-state index in [0.29, 0.717) is 12.4 Å². The van der Waals surface area contributed by atoms with E-state index in [1.165, 1.54) is 12.3 Å². The smallest absolute Gasteiger partial charge is 0.287 e. The van der Waals surface area contributed by atoms with Crippen LogP contribution in [0, 0.1) is 10.1 Å². The topological polar surface area (TPSA) is 86.5 Å². The molecular formula is C14H13N3O4. The molecule has 0 aliphatic carbocycles. The largest absolute Gasteiger partial charge is 0.454 e. The molecule has 0 atom stereocenters. The van der Waals surface area contributed by atoms with E-state index in [2.05, 4.69) is 10.3 Å². The number of nitro groups is 1. The molecule has 0 unspecified atom stereocenters. The number of nitrogens with zero attached hydrogens (tertiary/aromatic N) is 2. The average Bonchev–Trinajstić information content (AvgIpc) is 2.95. The molecule has 0 saturated carbocycles. The van der Waals surface area contributed by atoms with Gasteiger partial charge in [0.1, 0.15) is 12.0 Å². The van der Waals surface area contributed by atoms with Gasteiger partial charge < -0.3 is 14.8 Å². The van der Waals surface area contributed by atoms with Crippen LogP contribution in [0.3, 0.4) is 0 Å². The molecule has 0 radical (unpaired) electrons. The van der Waals surface area contributed by atoms with E-state index in [4.69, 9.17) is 9.47 Å². The maximum atomic E-state index is 10.5. The molecule has 0 fully saturated rings. The lowest BCUT2D eigenvalue weighted by Crippen LogP contribution is -2.06. The van der Waals surface area contributed by atoms with Crippen molar-refractivity contribution in [3.05, 3.63) is 52.2 Å². The van der Waals surface area contributed by atoms with E-state index in [-0.39, 0.29) is 12.5 Å². The number of aromatic nitrogens is 1. The van der Waals surface area contributed by atoms with Crippen LogP contribution in [0.2, 0.25) is 0 Å². The van der Waals surface area contributed by atoms with Crippen molar-refractivity contribution in [3.8, 4) is 11.5 Å². The van der Waals surface area contributed by atoms with E-state index in [1.807, 2.05) is 18.2 Å². The number of rotatable bonds is 5. The van der Waals surface area contributed by atoms with Gasteiger partial charge in [-0.05, 0) is 30.2 Å². The first-order chi connectivity index (χ1) is 10.2. The Kier molecular flexibility index (Phi) is 3.55. The second-order valence-electron chi connectivity index (χ2n) is 4.52. The van der Waals surface area contributed by atoms with Crippen LogP contribution < -0.4 is 14.8 Å². The quantitative estimate of drug-likeness (QED) is 0.671. The molecule has 0 saturated heterocycles. The normalized spacial score (nSPS) is 12.2. The van der Waals surface area contributed by atoms with Gasteiger partial charge in [0.15, 0.2) is 11.5 Å². The fourth-order valence-electron chi connectivity index (χ4n) is 2.03. The molecule has 1 aliphatic rings. The van der Waals surface area contributed by atoms with E-state index in [0.717, 1.165) is 23.5 Å². The Balaban J connectivity index is 1.55. The third-order valence-corrected chi connectivity index (χ3v) is 3.12. The highest BCUT2D eigenvalue weighted by molar-refractivity contribution is 5.45. The van der Waals surface area contributed by atoms with Crippen molar-refractivity contribution in [2.24, 2.45) is 0 Å². The highest BCUT2D eigenvalue weighted by Gasteiger charge is 2.12. The van der Waals surface area contributed by atoms with Crippen molar-refractivity contribution in [2.45, 2.75) is 6.42 Å². The first kappa shape index (κ1) is 13.2. The molecule has 0 amide bonds. The van der Waals surface area contributed by atoms with Gasteiger partial charge in [0, 0.05) is 12.6 Å². The standard InChI is InChI=1S/C14H13N3O4/c18-17(19)11-2-4-14(16-8-11)15-6-5-10-1-3-12-13(7-10)21-9-20-12/h1-4,7-8H,5-6,9H2,(H,15,16). The van der Waals surface area contributed by atoms with Gasteiger partial charge in [-0.2, -0.15) is 0 Å². The van der Waals surface area contributed by atoms with Crippen molar-refractivity contribution in [3.63, 3.8) is 0 Å². The number of anilines is 1. The number of hydrogen-bond donors (Lipinski definition) is 1. The summed E-state index contributed by atoms with van der Waals surface area (Å²) in [4.78, 5) is 14.0. The minimum absolute atomic E-state index is 0.0173. The number of nitrogens with one attached hydrogen (secondary N) is 1. The first-order valence-electron chi connectivity index (χ1n) is 6.45. The van der Waals surface area contributed by atoms with Crippen molar-refractivity contribution >= 4 is 11.5 Å². The Labute approximate surface area is 120 Å². The maximum Gasteiger partial charge on any atom is 0.287 e. The van der Waals surface area contributed by atoms with E-state index in [1.54, 1.807) is 6.07 Å². The molecule has 2 heterocycles. The Hall–Kier alpha value is -2.83. The predicted molar refractivity (Wildman–Crippen MR) is 75.7 cm³/mol. The summed E-state index contributed by atoms with van der Waals surface area (Å²) in [6, 6.07) is 8.85. The van der Waals surface area contributed by atoms with Crippen LogP contribution in [0.25, 0.3) is 0 Å². The molecule has 1 aromatic carbocycles. The van der Waals surface area contributed by atoms with Crippen molar-refractivity contribution in [1.29, 1.82) is 0 Å². The third kappa shape index (κ3) is 3.02. The molecule has 3 rings (SSSR count). The highest BCUT2D eigenvalue weighted by Crippen LogP contribution is 2.32. The summed E-state index contributed by atoms with van der Waals surface area (Å²) < 4.78 is 10.6. The van der Waals surface area contributed by atoms with Crippen LogP contribution in [0.5, 0.6) is 11.5 Å². The number of benzene rings is 1. The zero-order valence-electron chi connectivity index (χ0n) is 11.1. The molecule has 0 bridgehead atoms. The molecule has 7 nitrogen and oxygen atoms in total. The number of hydrogen-bond acceptors (Lipinski definition) is 6. The second-order valence-corrected chi connectivity index (χ2v) is 4.52. The molecule has 1 aromatic heterocycles. The molecular weight excluding hydrogens is 274 g/mol. The van der Waals surface area contributed by atoms with Crippen molar-refractivity contribution in [1.82, 2.24) is 4.98 Å². The van der Waals surface area contributed by atoms with Crippen LogP contribution >= 0.6 is 0 Å². The van der Waals surface area contributed by atoms with Gasteiger partial charge >= 0.3 is 0 Å². The zero-order chi connectivity index (χ0) is 14.7. The summed E-state index contributed by atoms with van der Waals surface area (Å²) in [5, 5.41) is 13.6. The van der Waals surface area contributed by atoms with E-state index in [9.17, 15) is 10.1 Å². The van der Waals surface area contributed by atoms with Gasteiger partial charge in [0.25, 0.3) is 5.69 Å². The minimum Gasteiger partial charge on any atom is -0.454 e. The molecule has 21 heavy (non-hydrogen) atoms. The Morgan fingerprint density at radius 2 is 2.10 bits per heavy atom. The molecule has 1 aliphatic heterocycles. The van der Waals surface area contributed by atoms with Crippen LogP contribution in [0.1, 0.15) is 5.56 Å². The lowest BCUT2D eigenvalue weighted by Gasteiger charge is -2.06. The van der Waals surface area contributed by atoms with Gasteiger partial charge in [-0.3, -0.25) is 10.1 Å². The molecule has 7 heteroatoms. The summed E-state index contributed by atoms with van der Waals surface area (Å²) >= 11 is 0.